The lowest BCUT2D eigenvalue weighted by Gasteiger charge is -2.15. The van der Waals surface area contributed by atoms with Crippen molar-refractivity contribution in [1.29, 1.82) is 0 Å². The van der Waals surface area contributed by atoms with Crippen LogP contribution in [0, 0.1) is 19.8 Å². The minimum Gasteiger partial charge on any atom is -0.378 e. The molecule has 2 rings (SSSR count). The molecule has 21 heavy (non-hydrogen) atoms. The third-order valence-electron chi connectivity index (χ3n) is 3.99. The van der Waals surface area contributed by atoms with E-state index in [0.717, 1.165) is 6.42 Å². The summed E-state index contributed by atoms with van der Waals surface area (Å²) in [5.74, 6) is 0.222. The number of nitrogens with one attached hydrogen (secondary N) is 1. The monoisotopic (exact) mass is 316 g/mol. The van der Waals surface area contributed by atoms with Crippen molar-refractivity contribution in [2.24, 2.45) is 11.7 Å². The van der Waals surface area contributed by atoms with E-state index in [4.69, 9.17) is 10.5 Å². The summed E-state index contributed by atoms with van der Waals surface area (Å²) in [6, 6.07) is 0. The molecule has 0 radical (unpaired) electrons. The van der Waals surface area contributed by atoms with Gasteiger partial charge in [0.15, 0.2) is 0 Å². The van der Waals surface area contributed by atoms with Crippen LogP contribution in [0.15, 0.2) is 4.90 Å². The van der Waals surface area contributed by atoms with Crippen molar-refractivity contribution in [3.63, 3.8) is 0 Å². The highest BCUT2D eigenvalue weighted by Gasteiger charge is 2.29. The topological polar surface area (TPSA) is 99.2 Å². The highest BCUT2D eigenvalue weighted by atomic mass is 32.2. The van der Waals surface area contributed by atoms with Crippen LogP contribution in [-0.2, 0) is 21.3 Å². The molecule has 2 atom stereocenters. The molecule has 120 valence electrons. The third kappa shape index (κ3) is 3.45. The molecule has 0 amide bonds. The molecule has 1 aliphatic heterocycles. The van der Waals surface area contributed by atoms with Gasteiger partial charge < -0.3 is 10.5 Å². The van der Waals surface area contributed by atoms with Gasteiger partial charge in [-0.25, -0.2) is 13.1 Å². The van der Waals surface area contributed by atoms with E-state index in [2.05, 4.69) is 9.82 Å². The van der Waals surface area contributed by atoms with Crippen LogP contribution in [0.1, 0.15) is 24.7 Å². The van der Waals surface area contributed by atoms with Crippen molar-refractivity contribution in [2.75, 3.05) is 19.7 Å². The van der Waals surface area contributed by atoms with Crippen molar-refractivity contribution < 1.29 is 13.2 Å². The maximum absolute atomic E-state index is 12.5. The number of nitrogens with two attached hydrogens (primary N) is 1. The van der Waals surface area contributed by atoms with Crippen molar-refractivity contribution in [1.82, 2.24) is 14.5 Å². The lowest BCUT2D eigenvalue weighted by Crippen LogP contribution is -2.32. The van der Waals surface area contributed by atoms with Gasteiger partial charge in [-0.3, -0.25) is 4.68 Å². The van der Waals surface area contributed by atoms with Crippen LogP contribution >= 0.6 is 0 Å². The van der Waals surface area contributed by atoms with Crippen molar-refractivity contribution in [2.45, 2.75) is 44.7 Å². The number of aromatic nitrogens is 2. The Morgan fingerprint density at radius 2 is 2.19 bits per heavy atom. The van der Waals surface area contributed by atoms with Gasteiger partial charge in [-0.2, -0.15) is 5.10 Å². The zero-order valence-electron chi connectivity index (χ0n) is 12.8. The fraction of sp³-hybridized carbons (Fsp3) is 0.769. The van der Waals surface area contributed by atoms with Crippen molar-refractivity contribution in [3.05, 3.63) is 11.4 Å². The van der Waals surface area contributed by atoms with E-state index in [1.165, 1.54) is 0 Å². The number of aryl methyl sites for hydroxylation is 1. The molecule has 1 saturated heterocycles. The number of rotatable bonds is 6. The number of ether oxygens (including phenoxy) is 1. The molecule has 1 fully saturated rings. The second-order valence-electron chi connectivity index (χ2n) is 5.49. The highest BCUT2D eigenvalue weighted by Crippen LogP contribution is 2.22. The zero-order chi connectivity index (χ0) is 15.6. The van der Waals surface area contributed by atoms with Crippen LogP contribution in [0.3, 0.4) is 0 Å². The predicted octanol–water partition coefficient (Wildman–Crippen LogP) is 0.162. The fourth-order valence-corrected chi connectivity index (χ4v) is 4.24. The first-order chi connectivity index (χ1) is 9.86. The van der Waals surface area contributed by atoms with Crippen molar-refractivity contribution >= 4 is 10.0 Å². The Balaban J connectivity index is 2.15. The van der Waals surface area contributed by atoms with E-state index in [-0.39, 0.29) is 16.9 Å². The molecule has 1 aliphatic rings. The maximum Gasteiger partial charge on any atom is 0.244 e. The van der Waals surface area contributed by atoms with Gasteiger partial charge in [0.1, 0.15) is 4.90 Å². The van der Waals surface area contributed by atoms with E-state index in [1.54, 1.807) is 18.5 Å². The summed E-state index contributed by atoms with van der Waals surface area (Å²) in [7, 11) is -3.56. The summed E-state index contributed by atoms with van der Waals surface area (Å²) in [6.45, 7) is 7.45. The third-order valence-corrected chi connectivity index (χ3v) is 5.67. The van der Waals surface area contributed by atoms with E-state index in [0.29, 0.717) is 37.6 Å². The molecular weight excluding hydrogens is 292 g/mol. The van der Waals surface area contributed by atoms with Gasteiger partial charge in [0.2, 0.25) is 10.0 Å². The molecule has 0 bridgehead atoms. The van der Waals surface area contributed by atoms with Gasteiger partial charge in [0.05, 0.1) is 24.0 Å². The summed E-state index contributed by atoms with van der Waals surface area (Å²) < 4.78 is 34.8. The first kappa shape index (κ1) is 16.4. The molecular formula is C13H24N4O3S. The standard InChI is InChI=1S/C13H24N4O3S/c1-9-13(10(2)17(16-9)6-5-14)21(18,19)15-8-12-4-7-20-11(12)3/h11-12,15H,4-8,14H2,1-3H3. The Morgan fingerprint density at radius 1 is 1.48 bits per heavy atom. The molecule has 2 heterocycles. The van der Waals surface area contributed by atoms with E-state index >= 15 is 0 Å². The van der Waals surface area contributed by atoms with Crippen LogP contribution in [-0.4, -0.2) is 44.0 Å². The van der Waals surface area contributed by atoms with Gasteiger partial charge in [0, 0.05) is 25.6 Å². The summed E-state index contributed by atoms with van der Waals surface area (Å²) in [5, 5.41) is 4.25. The number of nitrogens with zero attached hydrogens (tertiary/aromatic N) is 2. The van der Waals surface area contributed by atoms with Gasteiger partial charge in [-0.1, -0.05) is 0 Å². The Labute approximate surface area is 125 Å². The average Bonchev–Trinajstić information content (AvgIpc) is 2.92. The highest BCUT2D eigenvalue weighted by molar-refractivity contribution is 7.89. The maximum atomic E-state index is 12.5. The molecule has 2 unspecified atom stereocenters. The van der Waals surface area contributed by atoms with Crippen LogP contribution in [0.2, 0.25) is 0 Å². The van der Waals surface area contributed by atoms with Crippen LogP contribution in [0.25, 0.3) is 0 Å². The lowest BCUT2D eigenvalue weighted by molar-refractivity contribution is 0.107. The Bertz CT molecular complexity index is 597. The van der Waals surface area contributed by atoms with Crippen LogP contribution in [0.5, 0.6) is 0 Å². The molecule has 0 spiro atoms. The van der Waals surface area contributed by atoms with Gasteiger partial charge in [-0.05, 0) is 27.2 Å². The number of sulfonamides is 1. The average molecular weight is 316 g/mol. The summed E-state index contributed by atoms with van der Waals surface area (Å²) >= 11 is 0. The quantitative estimate of drug-likeness (QED) is 0.779. The number of hydrogen-bond acceptors (Lipinski definition) is 5. The van der Waals surface area contributed by atoms with Crippen molar-refractivity contribution in [3.8, 4) is 0 Å². The minimum atomic E-state index is -3.56. The largest absolute Gasteiger partial charge is 0.378 e. The van der Waals surface area contributed by atoms with Gasteiger partial charge >= 0.3 is 0 Å². The SMILES string of the molecule is Cc1nn(CCN)c(C)c1S(=O)(=O)NCC1CCOC1C. The first-order valence-corrected chi connectivity index (χ1v) is 8.70. The molecule has 8 heteroatoms. The summed E-state index contributed by atoms with van der Waals surface area (Å²) in [6.07, 6.45) is 0.975. The summed E-state index contributed by atoms with van der Waals surface area (Å²) in [4.78, 5) is 0.266. The molecule has 0 saturated carbocycles. The molecule has 1 aromatic heterocycles. The lowest BCUT2D eigenvalue weighted by atomic mass is 10.0. The van der Waals surface area contributed by atoms with Gasteiger partial charge in [-0.15, -0.1) is 0 Å². The smallest absolute Gasteiger partial charge is 0.244 e. The minimum absolute atomic E-state index is 0.0925. The molecule has 0 aliphatic carbocycles. The normalized spacial score (nSPS) is 22.9. The Hall–Kier alpha value is -0.960. The second kappa shape index (κ2) is 6.43. The molecule has 7 nitrogen and oxygen atoms in total. The second-order valence-corrected chi connectivity index (χ2v) is 7.19. The van der Waals surface area contributed by atoms with E-state index in [9.17, 15) is 8.42 Å². The van der Waals surface area contributed by atoms with E-state index < -0.39 is 10.0 Å². The molecule has 0 aromatic carbocycles. The number of hydrogen-bond donors (Lipinski definition) is 2. The zero-order valence-corrected chi connectivity index (χ0v) is 13.6. The molecule has 1 aromatic rings. The predicted molar refractivity (Wildman–Crippen MR) is 79.5 cm³/mol. The first-order valence-electron chi connectivity index (χ1n) is 7.22. The Morgan fingerprint density at radius 3 is 2.76 bits per heavy atom. The Kier molecular flexibility index (Phi) is 5.03. The summed E-state index contributed by atoms with van der Waals surface area (Å²) in [5.41, 5.74) is 6.64. The van der Waals surface area contributed by atoms with E-state index in [1.807, 2.05) is 6.92 Å². The molecule has 3 N–H and O–H groups in total. The fourth-order valence-electron chi connectivity index (χ4n) is 2.74. The van der Waals surface area contributed by atoms with Crippen LogP contribution in [0.4, 0.5) is 0 Å². The van der Waals surface area contributed by atoms with Crippen LogP contribution < -0.4 is 10.5 Å². The van der Waals surface area contributed by atoms with Gasteiger partial charge in [0.25, 0.3) is 0 Å².